The summed E-state index contributed by atoms with van der Waals surface area (Å²) in [5.74, 6) is -2.84. The van der Waals surface area contributed by atoms with Crippen LogP contribution in [-0.2, 0) is 14.4 Å². The Balaban J connectivity index is 1.72. The van der Waals surface area contributed by atoms with E-state index in [1.54, 1.807) is 26.0 Å². The standard InChI is InChI=1S/C24H32O7/c1-12-8-16-15-5-4-13-9-14(25)6-7-22(13,2)20(15)18(27)11-23(16,3)24(12,31)21(30)17(26)10-19(28)29/h6-7,9,12,15-18,20,26-27,31H,4-5,8,10-11H2,1-3H3,(H,28,29)/t12-,15+,16+,17?,18+,20-,22+,23+,24+/m1/s1. The van der Waals surface area contributed by atoms with Gasteiger partial charge in [0.15, 0.2) is 11.6 Å². The van der Waals surface area contributed by atoms with Crippen molar-refractivity contribution in [3.05, 3.63) is 23.8 Å². The molecule has 0 amide bonds. The van der Waals surface area contributed by atoms with Gasteiger partial charge >= 0.3 is 5.97 Å². The lowest BCUT2D eigenvalue weighted by Crippen LogP contribution is -2.63. The van der Waals surface area contributed by atoms with E-state index in [9.17, 15) is 29.7 Å². The smallest absolute Gasteiger partial charge is 0.306 e. The van der Waals surface area contributed by atoms with Crippen LogP contribution in [0.15, 0.2) is 23.8 Å². The Bertz CT molecular complexity index is 890. The van der Waals surface area contributed by atoms with Crippen molar-refractivity contribution < 1.29 is 34.8 Å². The fourth-order valence-corrected chi connectivity index (χ4v) is 7.70. The lowest BCUT2D eigenvalue weighted by Gasteiger charge is -2.59. The quantitative estimate of drug-likeness (QED) is 0.531. The first-order valence-electron chi connectivity index (χ1n) is 11.1. The second-order valence-corrected chi connectivity index (χ2v) is 10.6. The van der Waals surface area contributed by atoms with Crippen molar-refractivity contribution in [2.24, 2.45) is 34.5 Å². The second-order valence-electron chi connectivity index (χ2n) is 10.6. The lowest BCUT2D eigenvalue weighted by molar-refractivity contribution is -0.188. The number of allylic oxidation sites excluding steroid dienone is 4. The first-order chi connectivity index (χ1) is 14.4. The molecular formula is C24H32O7. The number of ketones is 2. The van der Waals surface area contributed by atoms with Crippen LogP contribution in [0.3, 0.4) is 0 Å². The number of hydrogen-bond acceptors (Lipinski definition) is 6. The summed E-state index contributed by atoms with van der Waals surface area (Å²) in [5.41, 5.74) is -2.31. The predicted octanol–water partition coefficient (Wildman–Crippen LogP) is 1.65. The van der Waals surface area contributed by atoms with E-state index < -0.39 is 52.7 Å². The molecule has 170 valence electrons. The van der Waals surface area contributed by atoms with Crippen LogP contribution in [0.25, 0.3) is 0 Å². The highest BCUT2D eigenvalue weighted by Crippen LogP contribution is 2.68. The number of carbonyl (C=O) groups excluding carboxylic acids is 2. The van der Waals surface area contributed by atoms with Gasteiger partial charge in [-0.05, 0) is 55.6 Å². The zero-order chi connectivity index (χ0) is 22.9. The molecule has 9 atom stereocenters. The van der Waals surface area contributed by atoms with Gasteiger partial charge in [0.25, 0.3) is 0 Å². The molecule has 0 spiro atoms. The fraction of sp³-hybridized carbons (Fsp3) is 0.708. The van der Waals surface area contributed by atoms with E-state index >= 15 is 0 Å². The minimum atomic E-state index is -1.91. The van der Waals surface area contributed by atoms with E-state index in [0.29, 0.717) is 6.42 Å². The highest BCUT2D eigenvalue weighted by molar-refractivity contribution is 6.01. The van der Waals surface area contributed by atoms with Crippen molar-refractivity contribution in [1.29, 1.82) is 0 Å². The van der Waals surface area contributed by atoms with Gasteiger partial charge in [-0.15, -0.1) is 0 Å². The molecule has 7 heteroatoms. The molecule has 1 unspecified atom stereocenters. The van der Waals surface area contributed by atoms with Crippen LogP contribution < -0.4 is 0 Å². The molecule has 3 saturated carbocycles. The molecule has 4 aliphatic carbocycles. The monoisotopic (exact) mass is 432 g/mol. The summed E-state index contributed by atoms with van der Waals surface area (Å²) in [4.78, 5) is 36.1. The molecular weight excluding hydrogens is 400 g/mol. The molecule has 0 bridgehead atoms. The van der Waals surface area contributed by atoms with Crippen LogP contribution in [0, 0.1) is 34.5 Å². The fourth-order valence-electron chi connectivity index (χ4n) is 7.70. The van der Waals surface area contributed by atoms with E-state index in [2.05, 4.69) is 6.92 Å². The Kier molecular flexibility index (Phi) is 5.11. The highest BCUT2D eigenvalue weighted by Gasteiger charge is 2.71. The van der Waals surface area contributed by atoms with Gasteiger partial charge < -0.3 is 20.4 Å². The van der Waals surface area contributed by atoms with E-state index in [0.717, 1.165) is 18.4 Å². The van der Waals surface area contributed by atoms with E-state index in [-0.39, 0.29) is 30.0 Å². The Morgan fingerprint density at radius 2 is 1.97 bits per heavy atom. The van der Waals surface area contributed by atoms with Crippen molar-refractivity contribution >= 4 is 17.5 Å². The predicted molar refractivity (Wildman–Crippen MR) is 111 cm³/mol. The molecule has 0 aromatic carbocycles. The van der Waals surface area contributed by atoms with Gasteiger partial charge in [-0.2, -0.15) is 0 Å². The number of rotatable bonds is 4. The van der Waals surface area contributed by atoms with Crippen molar-refractivity contribution in [3.63, 3.8) is 0 Å². The lowest BCUT2D eigenvalue weighted by atomic mass is 9.46. The highest BCUT2D eigenvalue weighted by atomic mass is 16.4. The third kappa shape index (κ3) is 2.93. The number of fused-ring (bicyclic) bond motifs is 5. The van der Waals surface area contributed by atoms with Gasteiger partial charge in [-0.1, -0.05) is 32.4 Å². The first kappa shape index (κ1) is 22.4. The van der Waals surface area contributed by atoms with E-state index in [1.807, 2.05) is 6.08 Å². The molecule has 4 aliphatic rings. The number of carboxylic acids is 1. The van der Waals surface area contributed by atoms with Gasteiger partial charge in [0.2, 0.25) is 0 Å². The van der Waals surface area contributed by atoms with Crippen molar-refractivity contribution in [1.82, 2.24) is 0 Å². The summed E-state index contributed by atoms with van der Waals surface area (Å²) in [6.07, 6.45) is 3.99. The second kappa shape index (κ2) is 7.09. The first-order valence-corrected chi connectivity index (χ1v) is 11.1. The summed E-state index contributed by atoms with van der Waals surface area (Å²) >= 11 is 0. The molecule has 3 fully saturated rings. The van der Waals surface area contributed by atoms with Crippen LogP contribution in [-0.4, -0.2) is 55.8 Å². The van der Waals surface area contributed by atoms with Gasteiger partial charge in [0, 0.05) is 16.7 Å². The largest absolute Gasteiger partial charge is 0.481 e. The van der Waals surface area contributed by atoms with Crippen LogP contribution in [0.1, 0.15) is 52.9 Å². The minimum absolute atomic E-state index is 0.0367. The van der Waals surface area contributed by atoms with Crippen LogP contribution in [0.5, 0.6) is 0 Å². The van der Waals surface area contributed by atoms with Gasteiger partial charge in [-0.25, -0.2) is 0 Å². The molecule has 0 aliphatic heterocycles. The Morgan fingerprint density at radius 3 is 2.61 bits per heavy atom. The average molecular weight is 433 g/mol. The maximum atomic E-state index is 13.2. The summed E-state index contributed by atoms with van der Waals surface area (Å²) < 4.78 is 0. The maximum absolute atomic E-state index is 13.2. The molecule has 7 nitrogen and oxygen atoms in total. The van der Waals surface area contributed by atoms with Crippen molar-refractivity contribution in [3.8, 4) is 0 Å². The SMILES string of the molecule is C[C@@H]1C[C@H]2[C@@H]3CCC4=CC(=O)C=C[C@]4(C)[C@H]3[C@@H](O)C[C@]2(C)[C@@]1(O)C(=O)C(O)CC(=O)O. The number of hydrogen-bond donors (Lipinski definition) is 4. The number of carboxylic acid groups (broad SMARTS) is 1. The van der Waals surface area contributed by atoms with E-state index in [1.165, 1.54) is 0 Å². The number of aliphatic hydroxyl groups excluding tert-OH is 2. The molecule has 0 aromatic rings. The Labute approximate surface area is 181 Å². The molecule has 4 rings (SSSR count). The molecule has 0 aromatic heterocycles. The van der Waals surface area contributed by atoms with Gasteiger partial charge in [0.05, 0.1) is 12.5 Å². The summed E-state index contributed by atoms with van der Waals surface area (Å²) in [5, 5.41) is 42.3. The number of aliphatic carboxylic acids is 1. The average Bonchev–Trinajstić information content (AvgIpc) is 2.88. The maximum Gasteiger partial charge on any atom is 0.306 e. The van der Waals surface area contributed by atoms with Crippen molar-refractivity contribution in [2.75, 3.05) is 0 Å². The topological polar surface area (TPSA) is 132 Å². The zero-order valence-electron chi connectivity index (χ0n) is 18.2. The Hall–Kier alpha value is -1.83. The van der Waals surface area contributed by atoms with E-state index in [4.69, 9.17) is 5.11 Å². The van der Waals surface area contributed by atoms with Gasteiger partial charge in [0.1, 0.15) is 11.7 Å². The summed E-state index contributed by atoms with van der Waals surface area (Å²) in [6, 6.07) is 0. The number of Topliss-reactive ketones (excluding diaryl/α,β-unsaturated/α-hetero) is 1. The molecule has 0 heterocycles. The zero-order valence-corrected chi connectivity index (χ0v) is 18.2. The minimum Gasteiger partial charge on any atom is -0.481 e. The number of carbonyl (C=O) groups is 3. The molecule has 4 N–H and O–H groups in total. The number of aliphatic hydroxyl groups is 3. The van der Waals surface area contributed by atoms with Crippen LogP contribution >= 0.6 is 0 Å². The van der Waals surface area contributed by atoms with Crippen LogP contribution in [0.4, 0.5) is 0 Å². The molecule has 31 heavy (non-hydrogen) atoms. The molecule has 0 saturated heterocycles. The molecule has 0 radical (unpaired) electrons. The normalized spacial score (nSPS) is 47.1. The van der Waals surface area contributed by atoms with Gasteiger partial charge in [-0.3, -0.25) is 14.4 Å². The third-order valence-corrected chi connectivity index (χ3v) is 9.12. The third-order valence-electron chi connectivity index (χ3n) is 9.12. The summed E-state index contributed by atoms with van der Waals surface area (Å²) in [7, 11) is 0. The van der Waals surface area contributed by atoms with Crippen molar-refractivity contribution in [2.45, 2.75) is 70.7 Å². The van der Waals surface area contributed by atoms with Crippen LogP contribution in [0.2, 0.25) is 0 Å². The Morgan fingerprint density at radius 1 is 1.29 bits per heavy atom. The summed E-state index contributed by atoms with van der Waals surface area (Å²) in [6.45, 7) is 5.63.